The van der Waals surface area contributed by atoms with Gasteiger partial charge in [-0.05, 0) is 37.3 Å². The van der Waals surface area contributed by atoms with Gasteiger partial charge in [-0.3, -0.25) is 0 Å². The van der Waals surface area contributed by atoms with E-state index in [-0.39, 0.29) is 16.7 Å². The molecule has 0 radical (unpaired) electrons. The van der Waals surface area contributed by atoms with E-state index in [9.17, 15) is 24.9 Å². The minimum Gasteiger partial charge on any atom is -0.451 e. The van der Waals surface area contributed by atoms with Crippen LogP contribution >= 0.6 is 0 Å². The molecule has 0 aromatic heterocycles. The summed E-state index contributed by atoms with van der Waals surface area (Å²) in [7, 11) is 0. The van der Waals surface area contributed by atoms with Crippen molar-refractivity contribution in [2.24, 2.45) is 0 Å². The van der Waals surface area contributed by atoms with Crippen LogP contribution in [-0.2, 0) is 9.47 Å². The fraction of sp³-hybridized carbons (Fsp3) is 0.273. The number of carbonyl (C=O) groups is 2. The Morgan fingerprint density at radius 3 is 1.83 bits per heavy atom. The summed E-state index contributed by atoms with van der Waals surface area (Å²) in [4.78, 5) is 25.0. The van der Waals surface area contributed by atoms with Crippen LogP contribution < -0.4 is 0 Å². The van der Waals surface area contributed by atoms with Crippen LogP contribution in [0.3, 0.4) is 0 Å². The smallest absolute Gasteiger partial charge is 0.338 e. The lowest BCUT2D eigenvalue weighted by Crippen LogP contribution is -2.42. The second kappa shape index (κ2) is 9.00. The van der Waals surface area contributed by atoms with Crippen LogP contribution in [0.15, 0.2) is 72.3 Å². The van der Waals surface area contributed by atoms with E-state index in [0.717, 1.165) is 0 Å². The molecule has 3 rings (SSSR count). The standard InChI is InChI=1S/C22H22O7/c1-13(23)18(25)16-12-17(24)20(29-22(27)15-10-6-3-7-11-15)19(16)28-21(26)14-8-4-2-5-9-14/h2-13,17-20,23-25H,1H3. The van der Waals surface area contributed by atoms with Gasteiger partial charge in [0.15, 0.2) is 12.2 Å². The van der Waals surface area contributed by atoms with Gasteiger partial charge in [0.1, 0.15) is 12.2 Å². The van der Waals surface area contributed by atoms with Gasteiger partial charge in [-0.1, -0.05) is 36.4 Å². The molecule has 0 bridgehead atoms. The normalized spacial score (nSPS) is 23.0. The fourth-order valence-electron chi connectivity index (χ4n) is 3.09. The summed E-state index contributed by atoms with van der Waals surface area (Å²) in [6.07, 6.45) is -5.19. The maximum Gasteiger partial charge on any atom is 0.338 e. The van der Waals surface area contributed by atoms with E-state index in [1.807, 2.05) is 0 Å². The maximum atomic E-state index is 12.5. The van der Waals surface area contributed by atoms with Crippen LogP contribution in [0.2, 0.25) is 0 Å². The maximum absolute atomic E-state index is 12.5. The molecule has 0 fully saturated rings. The number of rotatable bonds is 6. The van der Waals surface area contributed by atoms with Crippen molar-refractivity contribution in [1.29, 1.82) is 0 Å². The van der Waals surface area contributed by atoms with Crippen molar-refractivity contribution in [3.8, 4) is 0 Å². The van der Waals surface area contributed by atoms with Gasteiger partial charge >= 0.3 is 11.9 Å². The average molecular weight is 398 g/mol. The van der Waals surface area contributed by atoms with Crippen LogP contribution in [0.25, 0.3) is 0 Å². The number of hydrogen-bond acceptors (Lipinski definition) is 7. The summed E-state index contributed by atoms with van der Waals surface area (Å²) in [6.45, 7) is 1.36. The van der Waals surface area contributed by atoms with E-state index in [0.29, 0.717) is 0 Å². The molecule has 152 valence electrons. The minimum atomic E-state index is -1.40. The summed E-state index contributed by atoms with van der Waals surface area (Å²) in [5.74, 6) is -1.43. The number of aliphatic hydroxyl groups is 3. The van der Waals surface area contributed by atoms with Crippen LogP contribution in [-0.4, -0.2) is 57.8 Å². The predicted molar refractivity (Wildman–Crippen MR) is 103 cm³/mol. The third kappa shape index (κ3) is 4.71. The zero-order valence-corrected chi connectivity index (χ0v) is 15.7. The second-order valence-electron chi connectivity index (χ2n) is 6.77. The van der Waals surface area contributed by atoms with E-state index < -0.39 is 42.5 Å². The largest absolute Gasteiger partial charge is 0.451 e. The zero-order chi connectivity index (χ0) is 21.0. The first-order valence-corrected chi connectivity index (χ1v) is 9.16. The zero-order valence-electron chi connectivity index (χ0n) is 15.7. The predicted octanol–water partition coefficient (Wildman–Crippen LogP) is 1.48. The molecular formula is C22H22O7. The molecule has 0 saturated heterocycles. The SMILES string of the molecule is CC(O)C(O)C1=CC(O)C(OC(=O)c2ccccc2)C1OC(=O)c1ccccc1. The first-order chi connectivity index (χ1) is 13.9. The van der Waals surface area contributed by atoms with Crippen LogP contribution in [0, 0.1) is 0 Å². The summed E-state index contributed by atoms with van der Waals surface area (Å²) < 4.78 is 10.9. The van der Waals surface area contributed by atoms with Crippen molar-refractivity contribution in [1.82, 2.24) is 0 Å². The third-order valence-corrected chi connectivity index (χ3v) is 4.62. The van der Waals surface area contributed by atoms with Crippen molar-refractivity contribution < 1.29 is 34.4 Å². The summed E-state index contributed by atoms with van der Waals surface area (Å²) in [6, 6.07) is 16.3. The number of esters is 2. The Morgan fingerprint density at radius 1 is 0.862 bits per heavy atom. The number of benzene rings is 2. The Hall–Kier alpha value is -3.00. The highest BCUT2D eigenvalue weighted by Crippen LogP contribution is 2.31. The molecule has 7 nitrogen and oxygen atoms in total. The topological polar surface area (TPSA) is 113 Å². The van der Waals surface area contributed by atoms with E-state index >= 15 is 0 Å². The minimum absolute atomic E-state index is 0.0719. The van der Waals surface area contributed by atoms with Crippen molar-refractivity contribution in [3.05, 3.63) is 83.4 Å². The molecule has 5 unspecified atom stereocenters. The molecule has 0 heterocycles. The van der Waals surface area contributed by atoms with Gasteiger partial charge in [-0.25, -0.2) is 9.59 Å². The first-order valence-electron chi connectivity index (χ1n) is 9.16. The molecule has 0 saturated carbocycles. The lowest BCUT2D eigenvalue weighted by atomic mass is 10.0. The van der Waals surface area contributed by atoms with Crippen LogP contribution in [0.4, 0.5) is 0 Å². The summed E-state index contributed by atoms with van der Waals surface area (Å²) in [5, 5.41) is 30.5. The fourth-order valence-corrected chi connectivity index (χ4v) is 3.09. The number of carbonyl (C=O) groups excluding carboxylic acids is 2. The second-order valence-corrected chi connectivity index (χ2v) is 6.77. The van der Waals surface area contributed by atoms with Gasteiger partial charge in [0, 0.05) is 5.57 Å². The van der Waals surface area contributed by atoms with Crippen LogP contribution in [0.1, 0.15) is 27.6 Å². The van der Waals surface area contributed by atoms with E-state index in [4.69, 9.17) is 9.47 Å². The highest BCUT2D eigenvalue weighted by molar-refractivity contribution is 5.90. The molecule has 0 aliphatic heterocycles. The van der Waals surface area contributed by atoms with Gasteiger partial charge in [-0.2, -0.15) is 0 Å². The number of hydrogen-bond donors (Lipinski definition) is 3. The highest BCUT2D eigenvalue weighted by Gasteiger charge is 2.45. The number of ether oxygens (including phenoxy) is 2. The first kappa shape index (κ1) is 20.7. The molecule has 3 N–H and O–H groups in total. The average Bonchev–Trinajstić information content (AvgIpc) is 3.03. The van der Waals surface area contributed by atoms with Gasteiger partial charge in [0.05, 0.1) is 17.2 Å². The Kier molecular flexibility index (Phi) is 6.43. The van der Waals surface area contributed by atoms with Crippen LogP contribution in [0.5, 0.6) is 0 Å². The summed E-state index contributed by atoms with van der Waals surface area (Å²) in [5.41, 5.74) is 0.591. The molecule has 1 aliphatic rings. The van der Waals surface area contributed by atoms with Crippen molar-refractivity contribution in [2.45, 2.75) is 37.4 Å². The molecule has 2 aromatic rings. The highest BCUT2D eigenvalue weighted by atomic mass is 16.6. The molecule has 0 spiro atoms. The van der Waals surface area contributed by atoms with E-state index in [1.54, 1.807) is 60.7 Å². The Balaban J connectivity index is 1.85. The van der Waals surface area contributed by atoms with Crippen molar-refractivity contribution in [2.75, 3.05) is 0 Å². The van der Waals surface area contributed by atoms with Gasteiger partial charge in [0.2, 0.25) is 0 Å². The monoisotopic (exact) mass is 398 g/mol. The van der Waals surface area contributed by atoms with Gasteiger partial charge in [0.25, 0.3) is 0 Å². The number of aliphatic hydroxyl groups excluding tert-OH is 3. The Labute approximate surface area is 167 Å². The van der Waals surface area contributed by atoms with Gasteiger partial charge in [-0.15, -0.1) is 0 Å². The molecule has 7 heteroatoms. The summed E-state index contributed by atoms with van der Waals surface area (Å²) >= 11 is 0. The molecule has 1 aliphatic carbocycles. The van der Waals surface area contributed by atoms with E-state index in [2.05, 4.69) is 0 Å². The Morgan fingerprint density at radius 2 is 1.34 bits per heavy atom. The molecule has 29 heavy (non-hydrogen) atoms. The quantitative estimate of drug-likeness (QED) is 0.499. The van der Waals surface area contributed by atoms with Crippen molar-refractivity contribution >= 4 is 11.9 Å². The Bertz CT molecular complexity index is 877. The molecule has 0 amide bonds. The molecule has 5 atom stereocenters. The molecular weight excluding hydrogens is 376 g/mol. The van der Waals surface area contributed by atoms with E-state index in [1.165, 1.54) is 13.0 Å². The third-order valence-electron chi connectivity index (χ3n) is 4.62. The van der Waals surface area contributed by atoms with Gasteiger partial charge < -0.3 is 24.8 Å². The van der Waals surface area contributed by atoms with Crippen molar-refractivity contribution in [3.63, 3.8) is 0 Å². The lowest BCUT2D eigenvalue weighted by Gasteiger charge is -2.27. The lowest BCUT2D eigenvalue weighted by molar-refractivity contribution is -0.0556. The molecule has 2 aromatic carbocycles.